The fourth-order valence-electron chi connectivity index (χ4n) is 1.40. The van der Waals surface area contributed by atoms with Crippen molar-refractivity contribution in [2.24, 2.45) is 0 Å². The second-order valence-corrected chi connectivity index (χ2v) is 8.01. The van der Waals surface area contributed by atoms with Gasteiger partial charge in [0.15, 0.2) is 0 Å². The Morgan fingerprint density at radius 1 is 1.09 bits per heavy atom. The third-order valence-corrected chi connectivity index (χ3v) is 3.35. The number of halogens is 2. The van der Waals surface area contributed by atoms with Gasteiger partial charge in [-0.25, -0.2) is 14.6 Å². The number of pyridine rings is 1. The molecule has 1 aromatic rings. The summed E-state index contributed by atoms with van der Waals surface area (Å²) >= 11 is 9.22. The second-order valence-electron chi connectivity index (χ2n) is 6.75. The fourth-order valence-corrected chi connectivity index (χ4v) is 1.77. The molecule has 0 unspecified atom stereocenters. The predicted molar refractivity (Wildman–Crippen MR) is 91.9 cm³/mol. The van der Waals surface area contributed by atoms with E-state index in [9.17, 15) is 9.59 Å². The van der Waals surface area contributed by atoms with E-state index < -0.39 is 23.4 Å². The third-order valence-electron chi connectivity index (χ3n) is 2.18. The zero-order valence-corrected chi connectivity index (χ0v) is 16.3. The summed E-state index contributed by atoms with van der Waals surface area (Å²) in [6.07, 6.45) is -0.394. The molecule has 6 nitrogen and oxygen atoms in total. The van der Waals surface area contributed by atoms with Crippen LogP contribution in [0.1, 0.15) is 41.5 Å². The van der Waals surface area contributed by atoms with Crippen LogP contribution in [0.2, 0.25) is 5.02 Å². The lowest BCUT2D eigenvalue weighted by molar-refractivity contribution is 0.0429. The molecule has 0 saturated heterocycles. The standard InChI is InChI=1S/C15H20BrClN2O4/c1-14(2,3)22-12(20)19(13(21)23-15(4,5)6)11-7-10(17)9(16)8-18-11/h7-8H,1-6H3. The first-order valence-electron chi connectivity index (χ1n) is 6.87. The molecular weight excluding hydrogens is 388 g/mol. The fraction of sp³-hybridized carbons (Fsp3) is 0.533. The molecule has 2 amide bonds. The van der Waals surface area contributed by atoms with Gasteiger partial charge in [0, 0.05) is 12.3 Å². The van der Waals surface area contributed by atoms with Crippen LogP contribution >= 0.6 is 27.5 Å². The van der Waals surface area contributed by atoms with E-state index in [4.69, 9.17) is 21.1 Å². The Hall–Kier alpha value is -1.34. The average Bonchev–Trinajstić information content (AvgIpc) is 2.29. The number of rotatable bonds is 1. The van der Waals surface area contributed by atoms with Gasteiger partial charge in [0.25, 0.3) is 0 Å². The summed E-state index contributed by atoms with van der Waals surface area (Å²) < 4.78 is 11.0. The maximum absolute atomic E-state index is 12.4. The maximum Gasteiger partial charge on any atom is 0.425 e. The summed E-state index contributed by atoms with van der Waals surface area (Å²) in [5.74, 6) is 0.0155. The highest BCUT2D eigenvalue weighted by Crippen LogP contribution is 2.27. The molecule has 0 N–H and O–H groups in total. The molecule has 1 rings (SSSR count). The lowest BCUT2D eigenvalue weighted by atomic mass is 10.2. The van der Waals surface area contributed by atoms with Crippen LogP contribution in [0, 0.1) is 0 Å². The van der Waals surface area contributed by atoms with Gasteiger partial charge in [-0.3, -0.25) is 0 Å². The van der Waals surface area contributed by atoms with E-state index in [-0.39, 0.29) is 5.82 Å². The molecule has 0 radical (unpaired) electrons. The van der Waals surface area contributed by atoms with Crippen molar-refractivity contribution in [1.82, 2.24) is 4.98 Å². The Kier molecular flexibility index (Phi) is 6.04. The van der Waals surface area contributed by atoms with Gasteiger partial charge >= 0.3 is 12.2 Å². The van der Waals surface area contributed by atoms with E-state index in [1.54, 1.807) is 41.5 Å². The van der Waals surface area contributed by atoms with Crippen molar-refractivity contribution in [2.75, 3.05) is 4.90 Å². The lowest BCUT2D eigenvalue weighted by Crippen LogP contribution is -2.44. The van der Waals surface area contributed by atoms with E-state index in [2.05, 4.69) is 20.9 Å². The predicted octanol–water partition coefficient (Wildman–Crippen LogP) is 5.17. The Labute approximate surface area is 149 Å². The zero-order chi connectivity index (χ0) is 18.0. The van der Waals surface area contributed by atoms with Crippen molar-refractivity contribution in [2.45, 2.75) is 52.7 Å². The molecule has 8 heteroatoms. The van der Waals surface area contributed by atoms with Crippen molar-refractivity contribution in [3.8, 4) is 0 Å². The van der Waals surface area contributed by atoms with Crippen molar-refractivity contribution < 1.29 is 19.1 Å². The molecule has 0 fully saturated rings. The van der Waals surface area contributed by atoms with E-state index in [1.807, 2.05) is 0 Å². The van der Waals surface area contributed by atoms with Crippen LogP contribution in [0.15, 0.2) is 16.7 Å². The number of imide groups is 1. The van der Waals surface area contributed by atoms with Gasteiger partial charge in [0.2, 0.25) is 0 Å². The maximum atomic E-state index is 12.4. The minimum Gasteiger partial charge on any atom is -0.443 e. The van der Waals surface area contributed by atoms with Crippen LogP contribution in [0.25, 0.3) is 0 Å². The van der Waals surface area contributed by atoms with Crippen LogP contribution in [0.5, 0.6) is 0 Å². The topological polar surface area (TPSA) is 68.7 Å². The summed E-state index contributed by atoms with van der Waals surface area (Å²) in [7, 11) is 0. The zero-order valence-electron chi connectivity index (χ0n) is 13.9. The van der Waals surface area contributed by atoms with Crippen molar-refractivity contribution >= 4 is 45.5 Å². The molecule has 0 aromatic carbocycles. The highest BCUT2D eigenvalue weighted by molar-refractivity contribution is 9.10. The van der Waals surface area contributed by atoms with Gasteiger partial charge in [0.05, 0.1) is 9.50 Å². The summed E-state index contributed by atoms with van der Waals surface area (Å²) in [6.45, 7) is 10.2. The lowest BCUT2D eigenvalue weighted by Gasteiger charge is -2.28. The summed E-state index contributed by atoms with van der Waals surface area (Å²) in [4.78, 5) is 29.5. The van der Waals surface area contributed by atoms with E-state index in [1.165, 1.54) is 12.3 Å². The summed E-state index contributed by atoms with van der Waals surface area (Å²) in [6, 6.07) is 1.37. The molecular formula is C15H20BrClN2O4. The van der Waals surface area contributed by atoms with Gasteiger partial charge in [0.1, 0.15) is 17.0 Å². The van der Waals surface area contributed by atoms with Crippen LogP contribution in [0.3, 0.4) is 0 Å². The number of carbonyl (C=O) groups excluding carboxylic acids is 2. The smallest absolute Gasteiger partial charge is 0.425 e. The van der Waals surface area contributed by atoms with Crippen LogP contribution in [0.4, 0.5) is 15.4 Å². The number of anilines is 1. The van der Waals surface area contributed by atoms with Crippen molar-refractivity contribution in [3.05, 3.63) is 21.8 Å². The van der Waals surface area contributed by atoms with E-state index in [0.717, 1.165) is 4.90 Å². The molecule has 0 aliphatic heterocycles. The number of ether oxygens (including phenoxy) is 2. The first-order chi connectivity index (χ1) is 10.3. The number of amides is 2. The Bertz CT molecular complexity index is 580. The molecule has 0 saturated carbocycles. The summed E-state index contributed by atoms with van der Waals surface area (Å²) in [5.41, 5.74) is -1.56. The van der Waals surface area contributed by atoms with E-state index >= 15 is 0 Å². The normalized spacial score (nSPS) is 11.8. The van der Waals surface area contributed by atoms with Crippen LogP contribution < -0.4 is 4.90 Å². The number of hydrogen-bond acceptors (Lipinski definition) is 5. The molecule has 0 aliphatic carbocycles. The largest absolute Gasteiger partial charge is 0.443 e. The Balaban J connectivity index is 3.22. The second kappa shape index (κ2) is 7.05. The number of aromatic nitrogens is 1. The van der Waals surface area contributed by atoms with Crippen LogP contribution in [-0.4, -0.2) is 28.4 Å². The van der Waals surface area contributed by atoms with Gasteiger partial charge in [-0.2, -0.15) is 4.90 Å². The van der Waals surface area contributed by atoms with Gasteiger partial charge in [-0.15, -0.1) is 0 Å². The molecule has 0 spiro atoms. The number of carbonyl (C=O) groups is 2. The van der Waals surface area contributed by atoms with Crippen LogP contribution in [-0.2, 0) is 9.47 Å². The van der Waals surface area contributed by atoms with Gasteiger partial charge < -0.3 is 9.47 Å². The monoisotopic (exact) mass is 406 g/mol. The quantitative estimate of drug-likeness (QED) is 0.642. The molecule has 0 atom stereocenters. The molecule has 0 aliphatic rings. The van der Waals surface area contributed by atoms with Crippen molar-refractivity contribution in [1.29, 1.82) is 0 Å². The first kappa shape index (κ1) is 19.7. The van der Waals surface area contributed by atoms with Crippen molar-refractivity contribution in [3.63, 3.8) is 0 Å². The minimum atomic E-state index is -0.891. The third kappa shape index (κ3) is 6.35. The SMILES string of the molecule is CC(C)(C)OC(=O)N(C(=O)OC(C)(C)C)c1cc(Cl)c(Br)cn1. The molecule has 1 aromatic heterocycles. The first-order valence-corrected chi connectivity index (χ1v) is 8.04. The van der Waals surface area contributed by atoms with Gasteiger partial charge in [-0.05, 0) is 57.5 Å². The Morgan fingerprint density at radius 3 is 1.87 bits per heavy atom. The number of hydrogen-bond donors (Lipinski definition) is 0. The van der Waals surface area contributed by atoms with Gasteiger partial charge in [-0.1, -0.05) is 11.6 Å². The highest BCUT2D eigenvalue weighted by atomic mass is 79.9. The minimum absolute atomic E-state index is 0.0155. The molecule has 1 heterocycles. The highest BCUT2D eigenvalue weighted by Gasteiger charge is 2.33. The van der Waals surface area contributed by atoms with E-state index in [0.29, 0.717) is 9.50 Å². The molecule has 0 bridgehead atoms. The Morgan fingerprint density at radius 2 is 1.52 bits per heavy atom. The summed E-state index contributed by atoms with van der Waals surface area (Å²) in [5, 5.41) is 0.298. The molecule has 23 heavy (non-hydrogen) atoms. The molecule has 128 valence electrons. The number of nitrogens with zero attached hydrogens (tertiary/aromatic N) is 2. The average molecular weight is 408 g/mol.